The van der Waals surface area contributed by atoms with E-state index in [4.69, 9.17) is 5.11 Å². The first-order chi connectivity index (χ1) is 9.02. The van der Waals surface area contributed by atoms with E-state index < -0.39 is 12.0 Å². The summed E-state index contributed by atoms with van der Waals surface area (Å²) in [5, 5.41) is 11.8. The minimum atomic E-state index is -0.999. The molecule has 0 fully saturated rings. The Morgan fingerprint density at radius 1 is 1.26 bits per heavy atom. The van der Waals surface area contributed by atoms with Crippen molar-refractivity contribution in [1.29, 1.82) is 0 Å². The van der Waals surface area contributed by atoms with Gasteiger partial charge >= 0.3 is 5.97 Å². The van der Waals surface area contributed by atoms with Gasteiger partial charge in [-0.2, -0.15) is 0 Å². The molecule has 0 spiro atoms. The maximum absolute atomic E-state index is 11.7. The number of nitrogens with one attached hydrogen (secondary N) is 1. The summed E-state index contributed by atoms with van der Waals surface area (Å²) in [6.07, 6.45) is 1.58. The molecule has 0 aliphatic heterocycles. The number of aliphatic carboxylic acids is 1. The Balaban J connectivity index is 2.59. The largest absolute Gasteiger partial charge is 0.480 e. The van der Waals surface area contributed by atoms with E-state index in [9.17, 15) is 9.59 Å². The summed E-state index contributed by atoms with van der Waals surface area (Å²) in [5.41, 5.74) is 0.902. The molecule has 1 aromatic carbocycles. The number of amides is 1. The van der Waals surface area contributed by atoms with Gasteiger partial charge in [-0.15, -0.1) is 0 Å². The minimum absolute atomic E-state index is 0.197. The average molecular weight is 263 g/mol. The zero-order chi connectivity index (χ0) is 14.3. The van der Waals surface area contributed by atoms with Crippen LogP contribution >= 0.6 is 0 Å². The fraction of sp³-hybridized carbons (Fsp3) is 0.467. The Hall–Kier alpha value is -1.84. The van der Waals surface area contributed by atoms with Crippen molar-refractivity contribution in [2.45, 2.75) is 39.2 Å². The average Bonchev–Trinajstić information content (AvgIpc) is 2.38. The van der Waals surface area contributed by atoms with Gasteiger partial charge in [-0.3, -0.25) is 4.79 Å². The van der Waals surface area contributed by atoms with E-state index in [-0.39, 0.29) is 11.8 Å². The summed E-state index contributed by atoms with van der Waals surface area (Å²) in [6.45, 7) is 3.99. The summed E-state index contributed by atoms with van der Waals surface area (Å²) in [5.74, 6) is -0.926. The van der Waals surface area contributed by atoms with Crippen LogP contribution in [-0.2, 0) is 16.0 Å². The summed E-state index contributed by atoms with van der Waals surface area (Å²) >= 11 is 0. The molecule has 0 radical (unpaired) electrons. The van der Waals surface area contributed by atoms with Crippen LogP contribution in [0.4, 0.5) is 0 Å². The number of rotatable bonds is 7. The van der Waals surface area contributed by atoms with Gasteiger partial charge in [0.1, 0.15) is 6.04 Å². The van der Waals surface area contributed by atoms with Gasteiger partial charge in [0.15, 0.2) is 0 Å². The number of carbonyl (C=O) groups is 2. The van der Waals surface area contributed by atoms with E-state index in [1.807, 2.05) is 44.2 Å². The third-order valence-electron chi connectivity index (χ3n) is 3.15. The summed E-state index contributed by atoms with van der Waals surface area (Å²) in [6, 6.07) is 8.44. The highest BCUT2D eigenvalue weighted by molar-refractivity contribution is 5.83. The molecular weight excluding hydrogens is 242 g/mol. The van der Waals surface area contributed by atoms with Crippen molar-refractivity contribution in [1.82, 2.24) is 5.32 Å². The first-order valence-corrected chi connectivity index (χ1v) is 6.59. The Labute approximate surface area is 113 Å². The van der Waals surface area contributed by atoms with Crippen molar-refractivity contribution < 1.29 is 14.7 Å². The van der Waals surface area contributed by atoms with Crippen molar-refractivity contribution in [3.05, 3.63) is 35.9 Å². The minimum Gasteiger partial charge on any atom is -0.480 e. The van der Waals surface area contributed by atoms with Gasteiger partial charge in [-0.25, -0.2) is 4.79 Å². The highest BCUT2D eigenvalue weighted by Gasteiger charge is 2.20. The van der Waals surface area contributed by atoms with Crippen molar-refractivity contribution in [3.8, 4) is 0 Å². The van der Waals surface area contributed by atoms with Crippen molar-refractivity contribution >= 4 is 11.9 Å². The van der Waals surface area contributed by atoms with Crippen molar-refractivity contribution in [2.24, 2.45) is 5.92 Å². The van der Waals surface area contributed by atoms with Gasteiger partial charge < -0.3 is 10.4 Å². The number of hydrogen-bond donors (Lipinski definition) is 2. The third kappa shape index (κ3) is 5.55. The molecule has 0 aromatic heterocycles. The maximum atomic E-state index is 11.7. The molecule has 104 valence electrons. The van der Waals surface area contributed by atoms with Crippen LogP contribution in [0.3, 0.4) is 0 Å². The normalized spacial score (nSPS) is 13.6. The van der Waals surface area contributed by atoms with Gasteiger partial charge in [-0.05, 0) is 11.5 Å². The van der Waals surface area contributed by atoms with E-state index in [0.29, 0.717) is 12.8 Å². The lowest BCUT2D eigenvalue weighted by atomic mass is 10.0. The SMILES string of the molecule is CCC(C)CC(=O)NC(Cc1ccccc1)C(=O)O. The zero-order valence-electron chi connectivity index (χ0n) is 11.4. The van der Waals surface area contributed by atoms with Crippen LogP contribution in [0, 0.1) is 5.92 Å². The number of benzene rings is 1. The van der Waals surface area contributed by atoms with E-state index in [0.717, 1.165) is 12.0 Å². The highest BCUT2D eigenvalue weighted by Crippen LogP contribution is 2.08. The molecule has 0 heterocycles. The van der Waals surface area contributed by atoms with Crippen LogP contribution < -0.4 is 5.32 Å². The lowest BCUT2D eigenvalue weighted by molar-refractivity contribution is -0.141. The predicted octanol–water partition coefficient (Wildman–Crippen LogP) is 2.23. The lowest BCUT2D eigenvalue weighted by Crippen LogP contribution is -2.42. The second-order valence-electron chi connectivity index (χ2n) is 4.87. The topological polar surface area (TPSA) is 66.4 Å². The molecule has 1 amide bonds. The molecule has 2 atom stereocenters. The van der Waals surface area contributed by atoms with Gasteiger partial charge in [0.2, 0.25) is 5.91 Å². The molecule has 1 aromatic rings. The van der Waals surface area contributed by atoms with Crippen molar-refractivity contribution in [3.63, 3.8) is 0 Å². The Morgan fingerprint density at radius 2 is 1.89 bits per heavy atom. The molecule has 0 aliphatic carbocycles. The molecule has 19 heavy (non-hydrogen) atoms. The molecule has 2 unspecified atom stereocenters. The van der Waals surface area contributed by atoms with Crippen molar-refractivity contribution in [2.75, 3.05) is 0 Å². The van der Waals surface area contributed by atoms with Crippen LogP contribution in [0.1, 0.15) is 32.3 Å². The molecule has 0 saturated heterocycles. The second kappa shape index (κ2) is 7.56. The molecule has 4 nitrogen and oxygen atoms in total. The molecule has 0 saturated carbocycles. The van der Waals surface area contributed by atoms with Crippen LogP contribution in [0.2, 0.25) is 0 Å². The van der Waals surface area contributed by atoms with E-state index in [2.05, 4.69) is 5.32 Å². The monoisotopic (exact) mass is 263 g/mol. The number of hydrogen-bond acceptors (Lipinski definition) is 2. The quantitative estimate of drug-likeness (QED) is 0.792. The fourth-order valence-electron chi connectivity index (χ4n) is 1.76. The predicted molar refractivity (Wildman–Crippen MR) is 73.8 cm³/mol. The van der Waals surface area contributed by atoms with E-state index in [1.165, 1.54) is 0 Å². The molecule has 4 heteroatoms. The number of carbonyl (C=O) groups excluding carboxylic acids is 1. The van der Waals surface area contributed by atoms with E-state index >= 15 is 0 Å². The van der Waals surface area contributed by atoms with Gasteiger partial charge in [-0.1, -0.05) is 50.6 Å². The smallest absolute Gasteiger partial charge is 0.326 e. The zero-order valence-corrected chi connectivity index (χ0v) is 11.4. The molecule has 2 N–H and O–H groups in total. The number of carboxylic acid groups (broad SMARTS) is 1. The van der Waals surface area contributed by atoms with Crippen LogP contribution in [0.5, 0.6) is 0 Å². The molecule has 1 rings (SSSR count). The molecular formula is C15H21NO3. The first-order valence-electron chi connectivity index (χ1n) is 6.59. The van der Waals surface area contributed by atoms with E-state index in [1.54, 1.807) is 0 Å². The molecule has 0 aliphatic rings. The highest BCUT2D eigenvalue weighted by atomic mass is 16.4. The summed E-state index contributed by atoms with van der Waals surface area (Å²) in [7, 11) is 0. The maximum Gasteiger partial charge on any atom is 0.326 e. The van der Waals surface area contributed by atoms with Crippen LogP contribution in [0.25, 0.3) is 0 Å². The standard InChI is InChI=1S/C15H21NO3/c1-3-11(2)9-14(17)16-13(15(18)19)10-12-7-5-4-6-8-12/h4-8,11,13H,3,9-10H2,1-2H3,(H,16,17)(H,18,19). The Bertz CT molecular complexity index is 417. The second-order valence-corrected chi connectivity index (χ2v) is 4.87. The van der Waals surface area contributed by atoms with Crippen LogP contribution in [-0.4, -0.2) is 23.0 Å². The van der Waals surface area contributed by atoms with Crippen LogP contribution in [0.15, 0.2) is 30.3 Å². The van der Waals surface area contributed by atoms with Gasteiger partial charge in [0.05, 0.1) is 0 Å². The molecule has 0 bridgehead atoms. The first kappa shape index (κ1) is 15.2. The lowest BCUT2D eigenvalue weighted by Gasteiger charge is -2.16. The number of carboxylic acids is 1. The third-order valence-corrected chi connectivity index (χ3v) is 3.15. The van der Waals surface area contributed by atoms with Gasteiger partial charge in [0.25, 0.3) is 0 Å². The summed E-state index contributed by atoms with van der Waals surface area (Å²) in [4.78, 5) is 22.9. The summed E-state index contributed by atoms with van der Waals surface area (Å²) < 4.78 is 0. The Kier molecular flexibility index (Phi) is 6.06. The Morgan fingerprint density at radius 3 is 2.42 bits per heavy atom. The van der Waals surface area contributed by atoms with Gasteiger partial charge in [0, 0.05) is 12.8 Å². The fourth-order valence-corrected chi connectivity index (χ4v) is 1.76.